The Morgan fingerprint density at radius 1 is 1.33 bits per heavy atom. The van der Waals surface area contributed by atoms with Gasteiger partial charge in [-0.1, -0.05) is 13.3 Å². The average molecular weight is 274 g/mol. The zero-order chi connectivity index (χ0) is 13.5. The van der Waals surface area contributed by atoms with Crippen molar-refractivity contribution < 1.29 is 4.74 Å². The number of aromatic nitrogens is 3. The van der Waals surface area contributed by atoms with Crippen LogP contribution in [-0.2, 0) is 4.74 Å². The highest BCUT2D eigenvalue weighted by atomic mass is 35.5. The van der Waals surface area contributed by atoms with Crippen molar-refractivity contribution in [3.63, 3.8) is 0 Å². The predicted octanol–water partition coefficient (Wildman–Crippen LogP) is 1.82. The first-order valence-electron chi connectivity index (χ1n) is 5.91. The van der Waals surface area contributed by atoms with Crippen molar-refractivity contribution in [3.05, 3.63) is 5.28 Å². The third kappa shape index (κ3) is 4.62. The molecule has 0 saturated carbocycles. The van der Waals surface area contributed by atoms with Gasteiger partial charge in [0.2, 0.25) is 17.2 Å². The Balaban J connectivity index is 2.81. The number of nitrogens with zero attached hydrogens (tertiary/aromatic N) is 4. The molecule has 1 unspecified atom stereocenters. The van der Waals surface area contributed by atoms with Gasteiger partial charge in [-0.25, -0.2) is 0 Å². The SMILES string of the molecule is CCCC(COC)Nc1nc(Cl)nc(N(C)C)n1. The summed E-state index contributed by atoms with van der Waals surface area (Å²) in [5.41, 5.74) is 0. The highest BCUT2D eigenvalue weighted by Crippen LogP contribution is 2.13. The van der Waals surface area contributed by atoms with Gasteiger partial charge in [0, 0.05) is 21.2 Å². The molecule has 0 spiro atoms. The summed E-state index contributed by atoms with van der Waals surface area (Å²) in [6.45, 7) is 2.73. The Bertz CT molecular complexity index is 368. The monoisotopic (exact) mass is 273 g/mol. The van der Waals surface area contributed by atoms with Crippen LogP contribution < -0.4 is 10.2 Å². The Labute approximate surface area is 113 Å². The van der Waals surface area contributed by atoms with Crippen molar-refractivity contribution in [2.45, 2.75) is 25.8 Å². The summed E-state index contributed by atoms with van der Waals surface area (Å²) in [7, 11) is 5.39. The van der Waals surface area contributed by atoms with E-state index in [9.17, 15) is 0 Å². The van der Waals surface area contributed by atoms with Crippen LogP contribution in [-0.4, -0.2) is 48.8 Å². The lowest BCUT2D eigenvalue weighted by Gasteiger charge is -2.18. The minimum absolute atomic E-state index is 0.175. The number of ether oxygens (including phenoxy) is 1. The molecule has 0 aromatic carbocycles. The van der Waals surface area contributed by atoms with Crippen LogP contribution in [0.3, 0.4) is 0 Å². The number of nitrogens with one attached hydrogen (secondary N) is 1. The van der Waals surface area contributed by atoms with E-state index >= 15 is 0 Å². The summed E-state index contributed by atoms with van der Waals surface area (Å²) in [4.78, 5) is 14.2. The molecule has 1 aromatic heterocycles. The molecule has 0 aliphatic rings. The van der Waals surface area contributed by atoms with Gasteiger partial charge in [-0.2, -0.15) is 15.0 Å². The van der Waals surface area contributed by atoms with E-state index in [0.717, 1.165) is 12.8 Å². The van der Waals surface area contributed by atoms with E-state index in [1.54, 1.807) is 12.0 Å². The lowest BCUT2D eigenvalue weighted by Crippen LogP contribution is -2.26. The number of anilines is 2. The second kappa shape index (κ2) is 7.33. The van der Waals surface area contributed by atoms with Gasteiger partial charge in [-0.15, -0.1) is 0 Å². The Hall–Kier alpha value is -1.14. The van der Waals surface area contributed by atoms with Crippen LogP contribution in [0.4, 0.5) is 11.9 Å². The predicted molar refractivity (Wildman–Crippen MR) is 73.4 cm³/mol. The molecule has 1 N–H and O–H groups in total. The van der Waals surface area contributed by atoms with Crippen molar-refractivity contribution in [1.82, 2.24) is 15.0 Å². The van der Waals surface area contributed by atoms with Gasteiger partial charge in [0.05, 0.1) is 12.6 Å². The standard InChI is InChI=1S/C11H20ClN5O/c1-5-6-8(7-18-4)13-10-14-9(12)15-11(16-10)17(2)3/h8H,5-7H2,1-4H3,(H,13,14,15,16). The molecule has 0 bridgehead atoms. The molecular weight excluding hydrogens is 254 g/mol. The molecule has 0 saturated heterocycles. The maximum atomic E-state index is 5.87. The van der Waals surface area contributed by atoms with Gasteiger partial charge >= 0.3 is 0 Å². The molecule has 1 heterocycles. The van der Waals surface area contributed by atoms with Gasteiger partial charge in [0.1, 0.15) is 0 Å². The summed E-state index contributed by atoms with van der Waals surface area (Å²) in [6.07, 6.45) is 2.04. The van der Waals surface area contributed by atoms with Gasteiger partial charge in [-0.3, -0.25) is 0 Å². The summed E-state index contributed by atoms with van der Waals surface area (Å²) >= 11 is 5.87. The van der Waals surface area contributed by atoms with Crippen LogP contribution in [0.15, 0.2) is 0 Å². The van der Waals surface area contributed by atoms with Crippen molar-refractivity contribution in [3.8, 4) is 0 Å². The van der Waals surface area contributed by atoms with Crippen molar-refractivity contribution in [2.24, 2.45) is 0 Å². The van der Waals surface area contributed by atoms with Crippen LogP contribution in [0.2, 0.25) is 5.28 Å². The molecule has 0 aliphatic carbocycles. The van der Waals surface area contributed by atoms with Crippen molar-refractivity contribution >= 4 is 23.5 Å². The average Bonchev–Trinajstić information content (AvgIpc) is 2.28. The summed E-state index contributed by atoms with van der Waals surface area (Å²) < 4.78 is 5.16. The van der Waals surface area contributed by atoms with E-state index < -0.39 is 0 Å². The third-order valence-corrected chi connectivity index (χ3v) is 2.50. The molecule has 1 aromatic rings. The Morgan fingerprint density at radius 2 is 2.06 bits per heavy atom. The number of hydrogen-bond acceptors (Lipinski definition) is 6. The fourth-order valence-electron chi connectivity index (χ4n) is 1.53. The second-order valence-corrected chi connectivity index (χ2v) is 4.55. The molecule has 0 radical (unpaired) electrons. The number of methoxy groups -OCH3 is 1. The molecule has 0 amide bonds. The van der Waals surface area contributed by atoms with Crippen LogP contribution in [0, 0.1) is 0 Å². The molecule has 18 heavy (non-hydrogen) atoms. The van der Waals surface area contributed by atoms with Gasteiger partial charge in [0.25, 0.3) is 0 Å². The van der Waals surface area contributed by atoms with E-state index in [2.05, 4.69) is 27.2 Å². The summed E-state index contributed by atoms with van der Waals surface area (Å²) in [6, 6.07) is 0.175. The normalized spacial score (nSPS) is 12.3. The number of halogens is 1. The lowest BCUT2D eigenvalue weighted by atomic mass is 10.2. The van der Waals surface area contributed by atoms with Crippen molar-refractivity contribution in [1.29, 1.82) is 0 Å². The molecule has 0 aliphatic heterocycles. The highest BCUT2D eigenvalue weighted by Gasteiger charge is 2.12. The topological polar surface area (TPSA) is 63.2 Å². The smallest absolute Gasteiger partial charge is 0.230 e. The fraction of sp³-hybridized carbons (Fsp3) is 0.727. The number of hydrogen-bond donors (Lipinski definition) is 1. The van der Waals surface area contributed by atoms with Gasteiger partial charge in [-0.05, 0) is 18.0 Å². The molecule has 0 fully saturated rings. The largest absolute Gasteiger partial charge is 0.383 e. The van der Waals surface area contributed by atoms with Crippen LogP contribution in [0.25, 0.3) is 0 Å². The Kier molecular flexibility index (Phi) is 6.07. The van der Waals surface area contributed by atoms with Crippen molar-refractivity contribution in [2.75, 3.05) is 38.0 Å². The molecular formula is C11H20ClN5O. The van der Waals surface area contributed by atoms with Crippen LogP contribution in [0.5, 0.6) is 0 Å². The minimum atomic E-state index is 0.175. The van der Waals surface area contributed by atoms with E-state index in [1.165, 1.54) is 0 Å². The van der Waals surface area contributed by atoms with E-state index in [4.69, 9.17) is 16.3 Å². The maximum absolute atomic E-state index is 5.87. The first-order chi connectivity index (χ1) is 8.56. The Morgan fingerprint density at radius 3 is 2.61 bits per heavy atom. The third-order valence-electron chi connectivity index (χ3n) is 2.33. The highest BCUT2D eigenvalue weighted by molar-refractivity contribution is 6.28. The first kappa shape index (κ1) is 14.9. The molecule has 7 heteroatoms. The van der Waals surface area contributed by atoms with E-state index in [-0.39, 0.29) is 11.3 Å². The van der Waals surface area contributed by atoms with Crippen LogP contribution >= 0.6 is 11.6 Å². The molecule has 1 atom stereocenters. The van der Waals surface area contributed by atoms with Crippen LogP contribution in [0.1, 0.15) is 19.8 Å². The zero-order valence-electron chi connectivity index (χ0n) is 11.3. The molecule has 1 rings (SSSR count). The van der Waals surface area contributed by atoms with E-state index in [0.29, 0.717) is 18.5 Å². The van der Waals surface area contributed by atoms with Gasteiger partial charge in [0.15, 0.2) is 0 Å². The van der Waals surface area contributed by atoms with E-state index in [1.807, 2.05) is 14.1 Å². The first-order valence-corrected chi connectivity index (χ1v) is 6.29. The molecule has 102 valence electrons. The van der Waals surface area contributed by atoms with Gasteiger partial charge < -0.3 is 15.0 Å². The lowest BCUT2D eigenvalue weighted by molar-refractivity contribution is 0.182. The second-order valence-electron chi connectivity index (χ2n) is 4.21. The zero-order valence-corrected chi connectivity index (χ0v) is 12.0. The minimum Gasteiger partial charge on any atom is -0.383 e. The fourth-order valence-corrected chi connectivity index (χ4v) is 1.69. The molecule has 6 nitrogen and oxygen atoms in total. The summed E-state index contributed by atoms with van der Waals surface area (Å²) in [5.74, 6) is 1.01. The maximum Gasteiger partial charge on any atom is 0.230 e. The summed E-state index contributed by atoms with van der Waals surface area (Å²) in [5, 5.41) is 3.40. The quantitative estimate of drug-likeness (QED) is 0.818. The number of rotatable bonds is 7.